The third kappa shape index (κ3) is 3.40. The average Bonchev–Trinajstić information content (AvgIpc) is 2.40. The quantitative estimate of drug-likeness (QED) is 0.796. The first kappa shape index (κ1) is 14.2. The standard InChI is InChI=1S/C15H21Cl2N/c1-12-6-8-15(11-16,9-7-12)18-10-13-4-2-3-5-14(13)17/h2-5,12,18H,6-11H2,1H3. The Bertz CT molecular complexity index is 384. The molecule has 1 saturated carbocycles. The molecular weight excluding hydrogens is 265 g/mol. The highest BCUT2D eigenvalue weighted by Gasteiger charge is 2.32. The average molecular weight is 286 g/mol. The van der Waals surface area contributed by atoms with E-state index in [9.17, 15) is 0 Å². The van der Waals surface area contributed by atoms with Crippen molar-refractivity contribution in [1.29, 1.82) is 0 Å². The van der Waals surface area contributed by atoms with Crippen molar-refractivity contribution in [1.82, 2.24) is 5.32 Å². The van der Waals surface area contributed by atoms with Gasteiger partial charge in [0.05, 0.1) is 0 Å². The van der Waals surface area contributed by atoms with Gasteiger partial charge < -0.3 is 5.32 Å². The predicted molar refractivity (Wildman–Crippen MR) is 79.4 cm³/mol. The first-order valence-corrected chi connectivity index (χ1v) is 7.61. The molecule has 18 heavy (non-hydrogen) atoms. The van der Waals surface area contributed by atoms with Gasteiger partial charge in [0.2, 0.25) is 0 Å². The molecule has 0 amide bonds. The third-order valence-corrected chi connectivity index (χ3v) is 4.98. The Labute approximate surface area is 120 Å². The molecule has 3 heteroatoms. The minimum Gasteiger partial charge on any atom is -0.306 e. The Morgan fingerprint density at radius 2 is 1.94 bits per heavy atom. The topological polar surface area (TPSA) is 12.0 Å². The molecule has 0 heterocycles. The number of alkyl halides is 1. The summed E-state index contributed by atoms with van der Waals surface area (Å²) in [4.78, 5) is 0. The second-order valence-electron chi connectivity index (χ2n) is 5.54. The van der Waals surface area contributed by atoms with E-state index in [2.05, 4.69) is 18.3 Å². The van der Waals surface area contributed by atoms with Crippen LogP contribution in [0.1, 0.15) is 38.2 Å². The van der Waals surface area contributed by atoms with E-state index in [1.54, 1.807) is 0 Å². The first-order valence-electron chi connectivity index (χ1n) is 6.70. The lowest BCUT2D eigenvalue weighted by Gasteiger charge is -2.39. The lowest BCUT2D eigenvalue weighted by molar-refractivity contribution is 0.216. The smallest absolute Gasteiger partial charge is 0.0450 e. The fourth-order valence-electron chi connectivity index (χ4n) is 2.60. The van der Waals surface area contributed by atoms with E-state index >= 15 is 0 Å². The van der Waals surface area contributed by atoms with Crippen molar-refractivity contribution >= 4 is 23.2 Å². The fourth-order valence-corrected chi connectivity index (χ4v) is 3.16. The molecule has 1 aromatic rings. The van der Waals surface area contributed by atoms with Gasteiger partial charge in [-0.3, -0.25) is 0 Å². The predicted octanol–water partition coefficient (Wildman–Crippen LogP) is 4.62. The molecule has 1 aliphatic carbocycles. The molecule has 0 aromatic heterocycles. The highest BCUT2D eigenvalue weighted by Crippen LogP contribution is 2.33. The van der Waals surface area contributed by atoms with Gasteiger partial charge >= 0.3 is 0 Å². The van der Waals surface area contributed by atoms with Gasteiger partial charge in [-0.15, -0.1) is 11.6 Å². The fraction of sp³-hybridized carbons (Fsp3) is 0.600. The van der Waals surface area contributed by atoms with E-state index in [-0.39, 0.29) is 5.54 Å². The van der Waals surface area contributed by atoms with Crippen molar-refractivity contribution in [2.45, 2.75) is 44.7 Å². The summed E-state index contributed by atoms with van der Waals surface area (Å²) in [5.74, 6) is 1.52. The molecule has 0 aliphatic heterocycles. The summed E-state index contributed by atoms with van der Waals surface area (Å²) in [5, 5.41) is 4.48. The molecule has 1 N–H and O–H groups in total. The molecule has 0 bridgehead atoms. The summed E-state index contributed by atoms with van der Waals surface area (Å²) in [6.45, 7) is 3.13. The van der Waals surface area contributed by atoms with Gasteiger partial charge in [-0.25, -0.2) is 0 Å². The second kappa shape index (κ2) is 6.27. The van der Waals surface area contributed by atoms with Gasteiger partial charge in [0, 0.05) is 23.0 Å². The Kier molecular flexibility index (Phi) is 4.94. The summed E-state index contributed by atoms with van der Waals surface area (Å²) in [7, 11) is 0. The molecule has 0 saturated heterocycles. The largest absolute Gasteiger partial charge is 0.306 e. The van der Waals surface area contributed by atoms with Crippen LogP contribution in [-0.2, 0) is 6.54 Å². The van der Waals surface area contributed by atoms with E-state index in [0.29, 0.717) is 5.88 Å². The molecule has 1 nitrogen and oxygen atoms in total. The molecule has 0 unspecified atom stereocenters. The summed E-state index contributed by atoms with van der Waals surface area (Å²) in [5.41, 5.74) is 1.26. The minimum absolute atomic E-state index is 0.104. The van der Waals surface area contributed by atoms with E-state index in [1.165, 1.54) is 25.7 Å². The maximum atomic E-state index is 6.20. The third-order valence-electron chi connectivity index (χ3n) is 4.10. The molecule has 1 fully saturated rings. The summed E-state index contributed by atoms with van der Waals surface area (Å²) in [6, 6.07) is 8.00. The number of benzene rings is 1. The Morgan fingerprint density at radius 3 is 2.56 bits per heavy atom. The highest BCUT2D eigenvalue weighted by atomic mass is 35.5. The van der Waals surface area contributed by atoms with Crippen LogP contribution in [0.2, 0.25) is 5.02 Å². The molecular formula is C15H21Cl2N. The summed E-state index contributed by atoms with van der Waals surface area (Å²) in [6.07, 6.45) is 4.87. The molecule has 100 valence electrons. The normalized spacial score (nSPS) is 28.3. The van der Waals surface area contributed by atoms with Gasteiger partial charge in [-0.05, 0) is 43.2 Å². The Hall–Kier alpha value is -0.240. The zero-order valence-electron chi connectivity index (χ0n) is 10.9. The summed E-state index contributed by atoms with van der Waals surface area (Å²) >= 11 is 12.4. The van der Waals surface area contributed by atoms with Crippen LogP contribution in [0, 0.1) is 5.92 Å². The number of hydrogen-bond donors (Lipinski definition) is 1. The van der Waals surface area contributed by atoms with Crippen molar-refractivity contribution in [3.05, 3.63) is 34.9 Å². The molecule has 2 rings (SSSR count). The first-order chi connectivity index (χ1) is 8.65. The van der Waals surface area contributed by atoms with E-state index in [1.807, 2.05) is 18.2 Å². The zero-order valence-corrected chi connectivity index (χ0v) is 12.4. The number of nitrogens with one attached hydrogen (secondary N) is 1. The Balaban J connectivity index is 1.97. The van der Waals surface area contributed by atoms with E-state index < -0.39 is 0 Å². The van der Waals surface area contributed by atoms with Crippen molar-refractivity contribution in [2.75, 3.05) is 5.88 Å². The van der Waals surface area contributed by atoms with Crippen LogP contribution in [0.15, 0.2) is 24.3 Å². The zero-order chi connectivity index (χ0) is 13.0. The van der Waals surface area contributed by atoms with Crippen LogP contribution >= 0.6 is 23.2 Å². The van der Waals surface area contributed by atoms with E-state index in [4.69, 9.17) is 23.2 Å². The van der Waals surface area contributed by atoms with Crippen LogP contribution in [0.4, 0.5) is 0 Å². The number of rotatable bonds is 4. The lowest BCUT2D eigenvalue weighted by Crippen LogP contribution is -2.49. The molecule has 0 atom stereocenters. The highest BCUT2D eigenvalue weighted by molar-refractivity contribution is 6.31. The maximum Gasteiger partial charge on any atom is 0.0450 e. The monoisotopic (exact) mass is 285 g/mol. The van der Waals surface area contributed by atoms with Crippen molar-refractivity contribution < 1.29 is 0 Å². The van der Waals surface area contributed by atoms with Gasteiger partial charge in [0.25, 0.3) is 0 Å². The van der Waals surface area contributed by atoms with Crippen molar-refractivity contribution in [2.24, 2.45) is 5.92 Å². The van der Waals surface area contributed by atoms with Crippen LogP contribution in [-0.4, -0.2) is 11.4 Å². The Morgan fingerprint density at radius 1 is 1.28 bits per heavy atom. The summed E-state index contributed by atoms with van der Waals surface area (Å²) < 4.78 is 0. The molecule has 1 aliphatic rings. The lowest BCUT2D eigenvalue weighted by atomic mass is 9.78. The molecule has 1 aromatic carbocycles. The van der Waals surface area contributed by atoms with E-state index in [0.717, 1.165) is 23.0 Å². The second-order valence-corrected chi connectivity index (χ2v) is 6.22. The van der Waals surface area contributed by atoms with Crippen LogP contribution in [0.5, 0.6) is 0 Å². The number of halogens is 2. The molecule has 0 spiro atoms. The van der Waals surface area contributed by atoms with Gasteiger partial charge in [0.15, 0.2) is 0 Å². The van der Waals surface area contributed by atoms with Gasteiger partial charge in [0.1, 0.15) is 0 Å². The minimum atomic E-state index is 0.104. The van der Waals surface area contributed by atoms with Crippen LogP contribution in [0.25, 0.3) is 0 Å². The number of hydrogen-bond acceptors (Lipinski definition) is 1. The van der Waals surface area contributed by atoms with Gasteiger partial charge in [-0.1, -0.05) is 36.7 Å². The van der Waals surface area contributed by atoms with Crippen molar-refractivity contribution in [3.63, 3.8) is 0 Å². The van der Waals surface area contributed by atoms with Crippen molar-refractivity contribution in [3.8, 4) is 0 Å². The van der Waals surface area contributed by atoms with Crippen LogP contribution in [0.3, 0.4) is 0 Å². The maximum absolute atomic E-state index is 6.20. The van der Waals surface area contributed by atoms with Crippen LogP contribution < -0.4 is 5.32 Å². The SMILES string of the molecule is CC1CCC(CCl)(NCc2ccccc2Cl)CC1. The van der Waals surface area contributed by atoms with Gasteiger partial charge in [-0.2, -0.15) is 0 Å². The molecule has 0 radical (unpaired) electrons.